The fraction of sp³-hybridized carbons (Fsp3) is 0.435. The number of allylic oxidation sites excluding steroid dienone is 1. The van der Waals surface area contributed by atoms with Crippen molar-refractivity contribution < 1.29 is 19.0 Å². The van der Waals surface area contributed by atoms with E-state index >= 15 is 0 Å². The monoisotopic (exact) mass is 458 g/mol. The van der Waals surface area contributed by atoms with Gasteiger partial charge >= 0.3 is 5.97 Å². The summed E-state index contributed by atoms with van der Waals surface area (Å²) in [6.07, 6.45) is 3.73. The fourth-order valence-electron chi connectivity index (χ4n) is 3.42. The highest BCUT2D eigenvalue weighted by molar-refractivity contribution is 7.99. The predicted molar refractivity (Wildman–Crippen MR) is 125 cm³/mol. The van der Waals surface area contributed by atoms with Crippen molar-refractivity contribution in [1.29, 1.82) is 0 Å². The standard InChI is InChI=1S/C23H30N4O4S/c1-6-9-13-32-23-25-22-24-15(4)19(21(28)31-12-7-2)20(27(22)26-23)16-10-11-17(29-5)18(14-16)30-8-3/h7,10-11,14,20H,2,6,8-9,12-13H2,1,3-5H3,(H,24,25,26). The number of hydrogen-bond acceptors (Lipinski definition) is 8. The van der Waals surface area contributed by atoms with Gasteiger partial charge in [-0.15, -0.1) is 5.10 Å². The molecule has 0 bridgehead atoms. The summed E-state index contributed by atoms with van der Waals surface area (Å²) in [5.41, 5.74) is 1.95. The summed E-state index contributed by atoms with van der Waals surface area (Å²) >= 11 is 1.60. The number of methoxy groups -OCH3 is 1. The molecule has 9 heteroatoms. The van der Waals surface area contributed by atoms with Gasteiger partial charge in [-0.1, -0.05) is 43.8 Å². The first-order valence-corrected chi connectivity index (χ1v) is 11.7. The Morgan fingerprint density at radius 1 is 1.34 bits per heavy atom. The van der Waals surface area contributed by atoms with E-state index in [1.54, 1.807) is 29.6 Å². The topological polar surface area (TPSA) is 87.5 Å². The molecule has 0 saturated heterocycles. The number of esters is 1. The lowest BCUT2D eigenvalue weighted by Crippen LogP contribution is -2.29. The lowest BCUT2D eigenvalue weighted by atomic mass is 9.95. The highest BCUT2D eigenvalue weighted by atomic mass is 32.2. The summed E-state index contributed by atoms with van der Waals surface area (Å²) < 4.78 is 18.3. The molecule has 2 aromatic rings. The van der Waals surface area contributed by atoms with E-state index in [1.165, 1.54) is 0 Å². The van der Waals surface area contributed by atoms with E-state index in [0.717, 1.165) is 24.2 Å². The van der Waals surface area contributed by atoms with Crippen LogP contribution in [0.1, 0.15) is 45.2 Å². The number of aromatic nitrogens is 3. The SMILES string of the molecule is C=CCOC(=O)C1=C(C)Nc2nc(SCCCC)nn2C1c1ccc(OC)c(OCC)c1. The van der Waals surface area contributed by atoms with Crippen LogP contribution in [0.3, 0.4) is 0 Å². The van der Waals surface area contributed by atoms with Crippen molar-refractivity contribution in [2.24, 2.45) is 0 Å². The van der Waals surface area contributed by atoms with Crippen molar-refractivity contribution in [2.75, 3.05) is 31.4 Å². The van der Waals surface area contributed by atoms with Crippen LogP contribution < -0.4 is 14.8 Å². The third kappa shape index (κ3) is 5.09. The third-order valence-electron chi connectivity index (χ3n) is 4.92. The maximum Gasteiger partial charge on any atom is 0.338 e. The highest BCUT2D eigenvalue weighted by Crippen LogP contribution is 2.39. The van der Waals surface area contributed by atoms with Gasteiger partial charge in [0.25, 0.3) is 0 Å². The van der Waals surface area contributed by atoms with Gasteiger partial charge in [0.2, 0.25) is 11.1 Å². The number of thioether (sulfide) groups is 1. The molecule has 1 aliphatic heterocycles. The molecule has 1 aromatic heterocycles. The number of hydrogen-bond donors (Lipinski definition) is 1. The molecule has 3 rings (SSSR count). The van der Waals surface area contributed by atoms with Crippen molar-refractivity contribution in [3.8, 4) is 11.5 Å². The van der Waals surface area contributed by atoms with Crippen LogP contribution in [0, 0.1) is 0 Å². The Balaban J connectivity index is 2.08. The highest BCUT2D eigenvalue weighted by Gasteiger charge is 2.35. The average molecular weight is 459 g/mol. The molecule has 32 heavy (non-hydrogen) atoms. The van der Waals surface area contributed by atoms with E-state index < -0.39 is 12.0 Å². The molecule has 0 radical (unpaired) electrons. The van der Waals surface area contributed by atoms with Crippen LogP contribution in [0.15, 0.2) is 47.3 Å². The van der Waals surface area contributed by atoms with Gasteiger partial charge in [-0.25, -0.2) is 9.48 Å². The lowest BCUT2D eigenvalue weighted by Gasteiger charge is -2.28. The first-order valence-electron chi connectivity index (χ1n) is 10.7. The summed E-state index contributed by atoms with van der Waals surface area (Å²) in [7, 11) is 1.60. The molecule has 8 nitrogen and oxygen atoms in total. The van der Waals surface area contributed by atoms with Crippen molar-refractivity contribution in [3.63, 3.8) is 0 Å². The number of nitrogens with zero attached hydrogens (tertiary/aromatic N) is 3. The van der Waals surface area contributed by atoms with Crippen molar-refractivity contribution in [2.45, 2.75) is 44.8 Å². The molecule has 1 unspecified atom stereocenters. The number of rotatable bonds is 11. The van der Waals surface area contributed by atoms with E-state index in [9.17, 15) is 4.79 Å². The van der Waals surface area contributed by atoms with Gasteiger partial charge in [-0.05, 0) is 38.0 Å². The van der Waals surface area contributed by atoms with Crippen LogP contribution in [0.5, 0.6) is 11.5 Å². The fourth-order valence-corrected chi connectivity index (χ4v) is 4.33. The van der Waals surface area contributed by atoms with Crippen LogP contribution in [0.25, 0.3) is 0 Å². The smallest absolute Gasteiger partial charge is 0.338 e. The van der Waals surface area contributed by atoms with E-state index in [-0.39, 0.29) is 6.61 Å². The third-order valence-corrected chi connectivity index (χ3v) is 5.84. The van der Waals surface area contributed by atoms with Gasteiger partial charge in [0.05, 0.1) is 19.3 Å². The molecule has 0 fully saturated rings. The second-order valence-electron chi connectivity index (χ2n) is 7.16. The van der Waals surface area contributed by atoms with E-state index in [0.29, 0.717) is 40.5 Å². The number of carbonyl (C=O) groups is 1. The Kier molecular flexibility index (Phi) is 8.21. The molecule has 1 aliphatic rings. The number of fused-ring (bicyclic) bond motifs is 1. The molecule has 0 saturated carbocycles. The van der Waals surface area contributed by atoms with Crippen LogP contribution in [-0.4, -0.2) is 46.8 Å². The van der Waals surface area contributed by atoms with Crippen molar-refractivity contribution in [1.82, 2.24) is 14.8 Å². The van der Waals surface area contributed by atoms with Gasteiger partial charge in [0, 0.05) is 11.4 Å². The van der Waals surface area contributed by atoms with Gasteiger partial charge in [-0.2, -0.15) is 4.98 Å². The predicted octanol–water partition coefficient (Wildman–Crippen LogP) is 4.60. The Morgan fingerprint density at radius 3 is 2.84 bits per heavy atom. The summed E-state index contributed by atoms with van der Waals surface area (Å²) in [6, 6.07) is 5.09. The molecule has 0 aliphatic carbocycles. The van der Waals surface area contributed by atoms with Gasteiger partial charge < -0.3 is 19.5 Å². The quantitative estimate of drug-likeness (QED) is 0.226. The van der Waals surface area contributed by atoms with Crippen molar-refractivity contribution in [3.05, 3.63) is 47.7 Å². The summed E-state index contributed by atoms with van der Waals surface area (Å²) in [5.74, 6) is 2.30. The number of benzene rings is 1. The summed E-state index contributed by atoms with van der Waals surface area (Å²) in [4.78, 5) is 17.7. The summed E-state index contributed by atoms with van der Waals surface area (Å²) in [5, 5.41) is 8.60. The molecular weight excluding hydrogens is 428 g/mol. The number of carbonyl (C=O) groups excluding carboxylic acids is 1. The molecule has 1 aromatic carbocycles. The Labute approximate surface area is 193 Å². The number of ether oxygens (including phenoxy) is 3. The van der Waals surface area contributed by atoms with E-state index in [4.69, 9.17) is 19.3 Å². The molecular formula is C23H30N4O4S. The Bertz CT molecular complexity index is 1000. The minimum atomic E-state index is -0.526. The lowest BCUT2D eigenvalue weighted by molar-refractivity contribution is -0.138. The van der Waals surface area contributed by atoms with Crippen molar-refractivity contribution >= 4 is 23.7 Å². The first kappa shape index (κ1) is 23.7. The van der Waals surface area contributed by atoms with Crippen LogP contribution in [0.2, 0.25) is 0 Å². The number of unbranched alkanes of at least 4 members (excludes halogenated alkanes) is 1. The minimum absolute atomic E-state index is 0.122. The maximum absolute atomic E-state index is 13.0. The van der Waals surface area contributed by atoms with Gasteiger partial charge in [0.1, 0.15) is 12.6 Å². The molecule has 0 spiro atoms. The maximum atomic E-state index is 13.0. The van der Waals surface area contributed by atoms with E-state index in [2.05, 4.69) is 23.8 Å². The zero-order chi connectivity index (χ0) is 23.1. The molecule has 0 amide bonds. The Hall–Kier alpha value is -2.94. The largest absolute Gasteiger partial charge is 0.493 e. The molecule has 1 atom stereocenters. The zero-order valence-electron chi connectivity index (χ0n) is 19.0. The number of nitrogens with one attached hydrogen (secondary N) is 1. The minimum Gasteiger partial charge on any atom is -0.493 e. The summed E-state index contributed by atoms with van der Waals surface area (Å²) in [6.45, 7) is 10.1. The molecule has 1 N–H and O–H groups in total. The van der Waals surface area contributed by atoms with E-state index in [1.807, 2.05) is 32.0 Å². The Morgan fingerprint density at radius 2 is 2.16 bits per heavy atom. The second kappa shape index (κ2) is 11.1. The second-order valence-corrected chi connectivity index (χ2v) is 8.22. The van der Waals surface area contributed by atoms with Crippen LogP contribution in [-0.2, 0) is 9.53 Å². The zero-order valence-corrected chi connectivity index (χ0v) is 19.8. The molecule has 172 valence electrons. The number of anilines is 1. The first-order chi connectivity index (χ1) is 15.5. The van der Waals surface area contributed by atoms with Gasteiger partial charge in [0.15, 0.2) is 11.5 Å². The van der Waals surface area contributed by atoms with Gasteiger partial charge in [-0.3, -0.25) is 0 Å². The average Bonchev–Trinajstić information content (AvgIpc) is 3.19. The molecule has 2 heterocycles. The van der Waals surface area contributed by atoms with Crippen LogP contribution >= 0.6 is 11.8 Å². The normalized spacial score (nSPS) is 15.1. The van der Waals surface area contributed by atoms with Crippen LogP contribution in [0.4, 0.5) is 5.95 Å².